The number of alkyl halides is 3. The molecule has 0 spiro atoms. The van der Waals surface area contributed by atoms with Gasteiger partial charge in [0.1, 0.15) is 17.6 Å². The van der Waals surface area contributed by atoms with E-state index in [2.05, 4.69) is 17.8 Å². The number of hydrogen-bond acceptors (Lipinski definition) is 6. The second-order valence-electron chi connectivity index (χ2n) is 10.6. The summed E-state index contributed by atoms with van der Waals surface area (Å²) in [5, 5.41) is 0. The van der Waals surface area contributed by atoms with Crippen LogP contribution >= 0.6 is 0 Å². The minimum absolute atomic E-state index is 0.123. The molecule has 0 aromatic heterocycles. The summed E-state index contributed by atoms with van der Waals surface area (Å²) >= 11 is 0. The fraction of sp³-hybridized carbons (Fsp3) is 0.593. The van der Waals surface area contributed by atoms with Crippen LogP contribution in [-0.2, 0) is 20.4 Å². The average molecular weight is 558 g/mol. The standard InChI is InChI=1S/C27H38F3N3O6/c1-7-8-9-10-11-12-15-37-21-14-13-18(16-19(21)27(28,29)30)22(34)31-32-23(35)20-17-38-26(5,6)33(20)24(36)39-25(2,3)4/h13-14,16-17H,7-12,15H2,1-6H3,(H,31,34)(H,32,35). The third-order valence-electron chi connectivity index (χ3n) is 5.64. The lowest BCUT2D eigenvalue weighted by Crippen LogP contribution is -2.51. The Bertz CT molecular complexity index is 1060. The van der Waals surface area contributed by atoms with Crippen LogP contribution in [0.4, 0.5) is 18.0 Å². The molecule has 9 nitrogen and oxygen atoms in total. The largest absolute Gasteiger partial charge is 0.493 e. The van der Waals surface area contributed by atoms with Gasteiger partial charge in [-0.3, -0.25) is 20.4 Å². The Kier molecular flexibility index (Phi) is 10.7. The van der Waals surface area contributed by atoms with Crippen LogP contribution in [0.1, 0.15) is 96.0 Å². The summed E-state index contributed by atoms with van der Waals surface area (Å²) in [6.07, 6.45) is 1.17. The van der Waals surface area contributed by atoms with Crippen molar-refractivity contribution in [3.63, 3.8) is 0 Å². The molecule has 3 amide bonds. The van der Waals surface area contributed by atoms with Crippen molar-refractivity contribution in [1.82, 2.24) is 15.8 Å². The van der Waals surface area contributed by atoms with Gasteiger partial charge in [0.05, 0.1) is 12.2 Å². The maximum Gasteiger partial charge on any atom is 0.419 e. The minimum Gasteiger partial charge on any atom is -0.493 e. The van der Waals surface area contributed by atoms with E-state index in [0.717, 1.165) is 49.3 Å². The molecule has 2 rings (SSSR count). The molecule has 1 aromatic carbocycles. The minimum atomic E-state index is -4.76. The van der Waals surface area contributed by atoms with Gasteiger partial charge in [0.25, 0.3) is 11.8 Å². The summed E-state index contributed by atoms with van der Waals surface area (Å²) in [5.41, 5.74) is 0.335. The number of carbonyl (C=O) groups excluding carboxylic acids is 3. The maximum atomic E-state index is 13.7. The maximum absolute atomic E-state index is 13.7. The highest BCUT2D eigenvalue weighted by atomic mass is 19.4. The number of unbranched alkanes of at least 4 members (excludes halogenated alkanes) is 5. The molecule has 0 aliphatic carbocycles. The average Bonchev–Trinajstić information content (AvgIpc) is 3.15. The van der Waals surface area contributed by atoms with Crippen molar-refractivity contribution in [3.8, 4) is 5.75 Å². The Morgan fingerprint density at radius 1 is 0.974 bits per heavy atom. The molecule has 0 radical (unpaired) electrons. The van der Waals surface area contributed by atoms with Crippen LogP contribution in [0, 0.1) is 0 Å². The molecule has 39 heavy (non-hydrogen) atoms. The van der Waals surface area contributed by atoms with Gasteiger partial charge in [-0.1, -0.05) is 39.0 Å². The summed E-state index contributed by atoms with van der Waals surface area (Å²) in [7, 11) is 0. The first-order chi connectivity index (χ1) is 18.1. The van der Waals surface area contributed by atoms with Gasteiger partial charge in [-0.15, -0.1) is 0 Å². The van der Waals surface area contributed by atoms with Crippen LogP contribution < -0.4 is 15.6 Å². The number of hydrazine groups is 1. The fourth-order valence-corrected chi connectivity index (χ4v) is 3.71. The van der Waals surface area contributed by atoms with Gasteiger partial charge in [-0.05, 0) is 59.2 Å². The van der Waals surface area contributed by atoms with Crippen LogP contribution in [-0.4, -0.2) is 40.7 Å². The summed E-state index contributed by atoms with van der Waals surface area (Å²) in [6.45, 7) is 10.2. The first-order valence-corrected chi connectivity index (χ1v) is 12.9. The van der Waals surface area contributed by atoms with Gasteiger partial charge in [-0.25, -0.2) is 9.69 Å². The summed E-state index contributed by atoms with van der Waals surface area (Å²) < 4.78 is 57.1. The van der Waals surface area contributed by atoms with Gasteiger partial charge in [-0.2, -0.15) is 13.2 Å². The molecule has 1 aliphatic heterocycles. The quantitative estimate of drug-likeness (QED) is 0.268. The third kappa shape index (κ3) is 9.36. The number of benzene rings is 1. The Hall–Kier alpha value is -3.44. The van der Waals surface area contributed by atoms with Crippen LogP contribution in [0.25, 0.3) is 0 Å². The van der Waals surface area contributed by atoms with Crippen molar-refractivity contribution in [1.29, 1.82) is 0 Å². The van der Waals surface area contributed by atoms with Crippen molar-refractivity contribution < 1.29 is 41.8 Å². The number of amides is 3. The molecule has 0 unspecified atom stereocenters. The molecule has 0 fully saturated rings. The van der Waals surface area contributed by atoms with Crippen molar-refractivity contribution >= 4 is 17.9 Å². The van der Waals surface area contributed by atoms with Crippen LogP contribution in [0.15, 0.2) is 30.2 Å². The topological polar surface area (TPSA) is 106 Å². The number of nitrogens with zero attached hydrogens (tertiary/aromatic N) is 1. The Labute approximate surface area is 227 Å². The fourth-order valence-electron chi connectivity index (χ4n) is 3.71. The van der Waals surface area contributed by atoms with Crippen molar-refractivity contribution in [2.75, 3.05) is 6.61 Å². The smallest absolute Gasteiger partial charge is 0.419 e. The molecule has 0 saturated heterocycles. The monoisotopic (exact) mass is 557 g/mol. The predicted octanol–water partition coefficient (Wildman–Crippen LogP) is 6.05. The zero-order valence-electron chi connectivity index (χ0n) is 23.3. The molecule has 0 bridgehead atoms. The highest BCUT2D eigenvalue weighted by molar-refractivity contribution is 6.00. The van der Waals surface area contributed by atoms with Gasteiger partial charge in [0.2, 0.25) is 0 Å². The number of carbonyl (C=O) groups is 3. The summed E-state index contributed by atoms with van der Waals surface area (Å²) in [6, 6.07) is 2.91. The van der Waals surface area contributed by atoms with Crippen molar-refractivity contribution in [3.05, 3.63) is 41.3 Å². The number of hydrogen-bond donors (Lipinski definition) is 2. The second-order valence-corrected chi connectivity index (χ2v) is 10.6. The SMILES string of the molecule is CCCCCCCCOc1ccc(C(=O)NNC(=O)C2=COC(C)(C)N2C(=O)OC(C)(C)C)cc1C(F)(F)F. The molecule has 1 aliphatic rings. The number of ether oxygens (including phenoxy) is 3. The first kappa shape index (κ1) is 31.8. The Morgan fingerprint density at radius 2 is 1.59 bits per heavy atom. The van der Waals surface area contributed by atoms with Crippen LogP contribution in [0.2, 0.25) is 0 Å². The van der Waals surface area contributed by atoms with E-state index in [9.17, 15) is 27.6 Å². The molecular formula is C27H38F3N3O6. The van der Waals surface area contributed by atoms with E-state index < -0.39 is 41.0 Å². The van der Waals surface area contributed by atoms with Crippen molar-refractivity contribution in [2.45, 2.75) is 97.6 Å². The molecule has 2 N–H and O–H groups in total. The Balaban J connectivity index is 2.05. The number of rotatable bonds is 10. The highest BCUT2D eigenvalue weighted by Gasteiger charge is 2.45. The summed E-state index contributed by atoms with van der Waals surface area (Å²) in [4.78, 5) is 39.0. The van der Waals surface area contributed by atoms with Gasteiger partial charge >= 0.3 is 12.3 Å². The molecule has 1 heterocycles. The number of halogens is 3. The van der Waals surface area contributed by atoms with E-state index in [1.165, 1.54) is 19.9 Å². The molecular weight excluding hydrogens is 519 g/mol. The van der Waals surface area contributed by atoms with Gasteiger partial charge in [0, 0.05) is 5.56 Å². The van der Waals surface area contributed by atoms with Gasteiger partial charge in [0.15, 0.2) is 11.4 Å². The van der Waals surface area contributed by atoms with E-state index in [1.807, 2.05) is 0 Å². The zero-order chi connectivity index (χ0) is 29.4. The Morgan fingerprint density at radius 3 is 2.21 bits per heavy atom. The van der Waals surface area contributed by atoms with E-state index in [0.29, 0.717) is 12.5 Å². The first-order valence-electron chi connectivity index (χ1n) is 12.9. The summed E-state index contributed by atoms with van der Waals surface area (Å²) in [5.74, 6) is -2.31. The molecule has 0 atom stereocenters. The highest BCUT2D eigenvalue weighted by Crippen LogP contribution is 2.37. The van der Waals surface area contributed by atoms with Crippen LogP contribution in [0.3, 0.4) is 0 Å². The van der Waals surface area contributed by atoms with E-state index in [-0.39, 0.29) is 23.6 Å². The van der Waals surface area contributed by atoms with Gasteiger partial charge < -0.3 is 14.2 Å². The third-order valence-corrected chi connectivity index (χ3v) is 5.64. The van der Waals surface area contributed by atoms with E-state index in [4.69, 9.17) is 14.2 Å². The lowest BCUT2D eigenvalue weighted by atomic mass is 10.1. The van der Waals surface area contributed by atoms with E-state index in [1.54, 1.807) is 20.8 Å². The second kappa shape index (κ2) is 13.1. The molecule has 12 heteroatoms. The lowest BCUT2D eigenvalue weighted by molar-refractivity contribution is -0.139. The zero-order valence-corrected chi connectivity index (χ0v) is 23.3. The predicted molar refractivity (Wildman–Crippen MR) is 137 cm³/mol. The molecule has 1 aromatic rings. The van der Waals surface area contributed by atoms with E-state index >= 15 is 0 Å². The molecule has 0 saturated carbocycles. The van der Waals surface area contributed by atoms with Crippen LogP contribution in [0.5, 0.6) is 5.75 Å². The lowest BCUT2D eigenvalue weighted by Gasteiger charge is -2.33. The number of nitrogens with one attached hydrogen (secondary N) is 2. The molecule has 218 valence electrons. The van der Waals surface area contributed by atoms with Crippen molar-refractivity contribution in [2.24, 2.45) is 0 Å². The normalized spacial score (nSPS) is 14.8.